The molecule has 0 saturated carbocycles. The van der Waals surface area contributed by atoms with Crippen LogP contribution in [0.3, 0.4) is 0 Å². The van der Waals surface area contributed by atoms with Crippen molar-refractivity contribution in [3.05, 3.63) is 34.7 Å². The van der Waals surface area contributed by atoms with E-state index in [1.54, 1.807) is 0 Å². The number of thiophene rings is 1. The second-order valence-electron chi connectivity index (χ2n) is 5.54. The molecule has 0 bridgehead atoms. The van der Waals surface area contributed by atoms with Crippen molar-refractivity contribution in [2.45, 2.75) is 47.0 Å². The van der Waals surface area contributed by atoms with E-state index in [0.717, 1.165) is 13.1 Å². The number of rotatable bonds is 7. The predicted molar refractivity (Wildman–Crippen MR) is 88.3 cm³/mol. The molecular weight excluding hydrogens is 266 g/mol. The van der Waals surface area contributed by atoms with Crippen LogP contribution in [0.25, 0.3) is 10.1 Å². The summed E-state index contributed by atoms with van der Waals surface area (Å²) in [5, 5.41) is 4.78. The van der Waals surface area contributed by atoms with Crippen LogP contribution in [-0.2, 0) is 17.9 Å². The lowest BCUT2D eigenvalue weighted by Crippen LogP contribution is -2.16. The van der Waals surface area contributed by atoms with Gasteiger partial charge in [0, 0.05) is 21.7 Å². The topological polar surface area (TPSA) is 21.3 Å². The van der Waals surface area contributed by atoms with Crippen LogP contribution < -0.4 is 5.32 Å². The van der Waals surface area contributed by atoms with Gasteiger partial charge >= 0.3 is 0 Å². The molecule has 2 aromatic rings. The summed E-state index contributed by atoms with van der Waals surface area (Å²) in [6.07, 6.45) is 0.292. The molecule has 20 heavy (non-hydrogen) atoms. The van der Waals surface area contributed by atoms with Crippen molar-refractivity contribution >= 4 is 21.4 Å². The van der Waals surface area contributed by atoms with E-state index in [-0.39, 0.29) is 0 Å². The van der Waals surface area contributed by atoms with Crippen molar-refractivity contribution in [1.82, 2.24) is 5.32 Å². The van der Waals surface area contributed by atoms with Gasteiger partial charge in [-0.05, 0) is 30.8 Å². The molecule has 1 atom stereocenters. The second kappa shape index (κ2) is 7.21. The summed E-state index contributed by atoms with van der Waals surface area (Å²) in [7, 11) is 0. The molecule has 0 spiro atoms. The average Bonchev–Trinajstić information content (AvgIpc) is 2.80. The van der Waals surface area contributed by atoms with Crippen molar-refractivity contribution in [3.63, 3.8) is 0 Å². The van der Waals surface area contributed by atoms with Crippen LogP contribution in [0.15, 0.2) is 24.3 Å². The number of hydrogen-bond acceptors (Lipinski definition) is 3. The Bertz CT molecular complexity index is 547. The first kappa shape index (κ1) is 15.5. The minimum Gasteiger partial charge on any atom is -0.374 e. The quantitative estimate of drug-likeness (QED) is 0.806. The summed E-state index contributed by atoms with van der Waals surface area (Å²) in [6.45, 7) is 11.4. The van der Waals surface area contributed by atoms with Crippen LogP contribution in [0.5, 0.6) is 0 Å². The zero-order valence-corrected chi connectivity index (χ0v) is 13.7. The van der Waals surface area contributed by atoms with Gasteiger partial charge in [-0.15, -0.1) is 11.3 Å². The van der Waals surface area contributed by atoms with Crippen LogP contribution >= 0.6 is 11.3 Å². The molecule has 0 radical (unpaired) electrons. The van der Waals surface area contributed by atoms with Gasteiger partial charge in [-0.2, -0.15) is 0 Å². The number of benzene rings is 1. The van der Waals surface area contributed by atoms with Crippen molar-refractivity contribution in [1.29, 1.82) is 0 Å². The Balaban J connectivity index is 2.23. The van der Waals surface area contributed by atoms with Crippen molar-refractivity contribution in [2.24, 2.45) is 5.92 Å². The normalized spacial score (nSPS) is 13.2. The van der Waals surface area contributed by atoms with Crippen LogP contribution in [0.4, 0.5) is 0 Å². The highest BCUT2D eigenvalue weighted by Crippen LogP contribution is 2.32. The fourth-order valence-electron chi connectivity index (χ4n) is 2.10. The molecule has 2 rings (SSSR count). The van der Waals surface area contributed by atoms with Gasteiger partial charge < -0.3 is 10.1 Å². The lowest BCUT2D eigenvalue weighted by Gasteiger charge is -2.17. The standard InChI is InChI=1S/C17H25NOS/c1-5-18-10-17-15(11-19-13(4)12(2)3)14-8-6-7-9-16(14)20-17/h6-9,12-13,18H,5,10-11H2,1-4H3. The summed E-state index contributed by atoms with van der Waals surface area (Å²) in [5.74, 6) is 0.553. The van der Waals surface area contributed by atoms with Gasteiger partial charge in [0.1, 0.15) is 0 Å². The maximum atomic E-state index is 6.06. The van der Waals surface area contributed by atoms with E-state index in [9.17, 15) is 0 Å². The summed E-state index contributed by atoms with van der Waals surface area (Å²) < 4.78 is 7.41. The zero-order chi connectivity index (χ0) is 14.5. The Morgan fingerprint density at radius 1 is 1.20 bits per heavy atom. The molecule has 2 nitrogen and oxygen atoms in total. The summed E-state index contributed by atoms with van der Waals surface area (Å²) >= 11 is 1.88. The fourth-order valence-corrected chi connectivity index (χ4v) is 3.28. The van der Waals surface area contributed by atoms with Gasteiger partial charge in [0.2, 0.25) is 0 Å². The molecular formula is C17H25NOS. The number of ether oxygens (including phenoxy) is 1. The molecule has 0 aliphatic heterocycles. The first-order valence-corrected chi connectivity index (χ1v) is 8.26. The molecule has 110 valence electrons. The highest BCUT2D eigenvalue weighted by molar-refractivity contribution is 7.19. The van der Waals surface area contributed by atoms with Crippen LogP contribution in [0, 0.1) is 5.92 Å². The van der Waals surface area contributed by atoms with E-state index in [4.69, 9.17) is 4.74 Å². The van der Waals surface area contributed by atoms with Gasteiger partial charge in [0.05, 0.1) is 12.7 Å². The molecule has 0 saturated heterocycles. The van der Waals surface area contributed by atoms with Crippen LogP contribution in [0.2, 0.25) is 0 Å². The molecule has 1 unspecified atom stereocenters. The summed E-state index contributed by atoms with van der Waals surface area (Å²) in [5.41, 5.74) is 1.36. The largest absolute Gasteiger partial charge is 0.374 e. The molecule has 1 heterocycles. The Morgan fingerprint density at radius 2 is 1.95 bits per heavy atom. The Morgan fingerprint density at radius 3 is 2.65 bits per heavy atom. The number of hydrogen-bond donors (Lipinski definition) is 1. The lowest BCUT2D eigenvalue weighted by atomic mass is 10.1. The van der Waals surface area contributed by atoms with Gasteiger partial charge in [0.25, 0.3) is 0 Å². The Kier molecular flexibility index (Phi) is 5.58. The maximum absolute atomic E-state index is 6.06. The zero-order valence-electron chi connectivity index (χ0n) is 12.9. The van der Waals surface area contributed by atoms with Gasteiger partial charge in [0.15, 0.2) is 0 Å². The van der Waals surface area contributed by atoms with Crippen molar-refractivity contribution < 1.29 is 4.74 Å². The molecule has 0 amide bonds. The first-order valence-electron chi connectivity index (χ1n) is 7.45. The van der Waals surface area contributed by atoms with Gasteiger partial charge in [-0.3, -0.25) is 0 Å². The molecule has 0 aliphatic carbocycles. The van der Waals surface area contributed by atoms with Gasteiger partial charge in [-0.1, -0.05) is 39.0 Å². The van der Waals surface area contributed by atoms with E-state index in [1.165, 1.54) is 20.5 Å². The highest BCUT2D eigenvalue weighted by Gasteiger charge is 2.14. The van der Waals surface area contributed by atoms with E-state index in [0.29, 0.717) is 18.6 Å². The molecule has 3 heteroatoms. The first-order chi connectivity index (χ1) is 9.63. The molecule has 1 aromatic carbocycles. The molecule has 0 aliphatic rings. The molecule has 1 aromatic heterocycles. The van der Waals surface area contributed by atoms with E-state index in [2.05, 4.69) is 57.3 Å². The molecule has 0 fully saturated rings. The third-order valence-electron chi connectivity index (χ3n) is 3.75. The average molecular weight is 291 g/mol. The minimum absolute atomic E-state index is 0.292. The monoisotopic (exact) mass is 291 g/mol. The third-order valence-corrected chi connectivity index (χ3v) is 4.96. The van der Waals surface area contributed by atoms with Gasteiger partial charge in [-0.25, -0.2) is 0 Å². The number of nitrogens with one attached hydrogen (secondary N) is 1. The summed E-state index contributed by atoms with van der Waals surface area (Å²) in [4.78, 5) is 1.41. The van der Waals surface area contributed by atoms with E-state index in [1.807, 2.05) is 11.3 Å². The predicted octanol–water partition coefficient (Wildman–Crippen LogP) is 4.57. The molecule has 1 N–H and O–H groups in total. The van der Waals surface area contributed by atoms with Crippen LogP contribution in [-0.4, -0.2) is 12.6 Å². The fraction of sp³-hybridized carbons (Fsp3) is 0.529. The minimum atomic E-state index is 0.292. The summed E-state index contributed by atoms with van der Waals surface area (Å²) in [6, 6.07) is 8.63. The SMILES string of the molecule is CCNCc1sc2ccccc2c1COC(C)C(C)C. The van der Waals surface area contributed by atoms with Crippen LogP contribution in [0.1, 0.15) is 38.1 Å². The van der Waals surface area contributed by atoms with E-state index < -0.39 is 0 Å². The lowest BCUT2D eigenvalue weighted by molar-refractivity contribution is 0.0239. The third kappa shape index (κ3) is 3.60. The smallest absolute Gasteiger partial charge is 0.0738 e. The van der Waals surface area contributed by atoms with Crippen molar-refractivity contribution in [2.75, 3.05) is 6.54 Å². The second-order valence-corrected chi connectivity index (χ2v) is 6.68. The maximum Gasteiger partial charge on any atom is 0.0738 e. The highest BCUT2D eigenvalue weighted by atomic mass is 32.1. The van der Waals surface area contributed by atoms with E-state index >= 15 is 0 Å². The van der Waals surface area contributed by atoms with Crippen molar-refractivity contribution in [3.8, 4) is 0 Å². The Hall–Kier alpha value is -0.900. The number of fused-ring (bicyclic) bond motifs is 1. The Labute approximate surface area is 126 Å².